The second-order valence-electron chi connectivity index (χ2n) is 5.57. The van der Waals surface area contributed by atoms with Crippen molar-refractivity contribution in [3.63, 3.8) is 0 Å². The fourth-order valence-electron chi connectivity index (χ4n) is 2.49. The average molecular weight is 462 g/mol. The van der Waals surface area contributed by atoms with E-state index in [-0.39, 0.29) is 14.5 Å². The van der Waals surface area contributed by atoms with Crippen molar-refractivity contribution in [1.29, 1.82) is 0 Å². The molecule has 4 rings (SSSR count). The Morgan fingerprint density at radius 2 is 1.07 bits per heavy atom. The zero-order chi connectivity index (χ0) is 20.0. The van der Waals surface area contributed by atoms with E-state index in [1.54, 1.807) is 0 Å². The van der Waals surface area contributed by atoms with E-state index in [9.17, 15) is 0 Å². The Bertz CT molecular complexity index is 944. The Kier molecular flexibility index (Phi) is 6.72. The second kappa shape index (κ2) is 9.23. The number of nitrogens with zero attached hydrogens (tertiary/aromatic N) is 2. The summed E-state index contributed by atoms with van der Waals surface area (Å²) in [7, 11) is -4.94. The summed E-state index contributed by atoms with van der Waals surface area (Å²) in [6, 6.07) is 31.4. The zero-order valence-electron chi connectivity index (χ0n) is 14.5. The van der Waals surface area contributed by atoms with E-state index in [4.69, 9.17) is 23.7 Å². The number of benzene rings is 3. The molecule has 0 atom stereocenters. The molecule has 0 amide bonds. The van der Waals surface area contributed by atoms with Gasteiger partial charge in [-0.15, -0.1) is 10.2 Å². The topological polar surface area (TPSA) is 109 Å². The van der Waals surface area contributed by atoms with Crippen LogP contribution in [0.4, 0.5) is 0 Å². The van der Waals surface area contributed by atoms with Crippen LogP contribution >= 0.6 is 0 Å². The molecule has 1 heterocycles. The predicted octanol–water partition coefficient (Wildman–Crippen LogP) is -1.01. The summed E-state index contributed by atoms with van der Waals surface area (Å²) in [5.74, 6) is 0. The Hall–Kier alpha value is -2.35. The molecule has 0 N–H and O–H groups in total. The van der Waals surface area contributed by atoms with E-state index in [1.165, 1.54) is 20.3 Å². The van der Waals surface area contributed by atoms with Gasteiger partial charge in [-0.05, 0) is 0 Å². The second-order valence-corrected chi connectivity index (χ2v) is 8.38. The van der Waals surface area contributed by atoms with E-state index in [2.05, 4.69) is 83.5 Å². The molecule has 0 fully saturated rings. The van der Waals surface area contributed by atoms with Crippen molar-refractivity contribution in [2.75, 3.05) is 0 Å². The number of para-hydroxylation sites is 1. The minimum absolute atomic E-state index is 0.179. The number of halogens is 1. The van der Waals surface area contributed by atoms with Crippen molar-refractivity contribution < 1.29 is 33.6 Å². The first-order valence-electron chi connectivity index (χ1n) is 8.13. The molecule has 3 aromatic carbocycles. The number of rotatable bonds is 3. The van der Waals surface area contributed by atoms with Gasteiger partial charge in [0.2, 0.25) is 0 Å². The zero-order valence-corrected chi connectivity index (χ0v) is 16.9. The van der Waals surface area contributed by atoms with Crippen molar-refractivity contribution in [1.82, 2.24) is 5.10 Å². The van der Waals surface area contributed by atoms with Gasteiger partial charge in [-0.1, -0.05) is 0 Å². The first-order chi connectivity index (χ1) is 13.4. The molecule has 0 bridgehead atoms. The predicted molar refractivity (Wildman–Crippen MR) is 93.6 cm³/mol. The summed E-state index contributed by atoms with van der Waals surface area (Å²) in [6.45, 7) is 0. The summed E-state index contributed by atoms with van der Waals surface area (Å²) in [5, 5.41) is 4.93. The number of aromatic nitrogens is 2. The van der Waals surface area contributed by atoms with E-state index >= 15 is 0 Å². The van der Waals surface area contributed by atoms with Crippen LogP contribution in [0, 0.1) is 10.2 Å². The molecule has 0 unspecified atom stereocenters. The molecule has 142 valence electrons. The maximum absolute atomic E-state index is 8.49. The van der Waals surface area contributed by atoms with Crippen molar-refractivity contribution >= 4 is 14.5 Å². The van der Waals surface area contributed by atoms with Gasteiger partial charge in [-0.2, -0.15) is 0 Å². The molecule has 0 aliphatic carbocycles. The molecule has 0 radical (unpaired) electrons. The monoisotopic (exact) mass is 462 g/mol. The Labute approximate surface area is 170 Å². The molecule has 0 aliphatic rings. The first kappa shape index (κ1) is 20.4. The molecule has 0 spiro atoms. The third kappa shape index (κ3) is 5.82. The van der Waals surface area contributed by atoms with Gasteiger partial charge in [0.1, 0.15) is 0 Å². The Morgan fingerprint density at radius 1 is 0.643 bits per heavy atom. The van der Waals surface area contributed by atoms with Gasteiger partial charge in [0, 0.05) is 0 Å². The SMILES string of the molecule is [O-][Cl+3]([O-])([O-])[O-].c1ccc(-c2n[n+](-c3ccccc3)c(-c3ccccc3)[se]2)cc1. The van der Waals surface area contributed by atoms with Gasteiger partial charge in [0.25, 0.3) is 0 Å². The van der Waals surface area contributed by atoms with Crippen LogP contribution in [-0.2, 0) is 0 Å². The van der Waals surface area contributed by atoms with Gasteiger partial charge in [0.15, 0.2) is 0 Å². The molecule has 0 saturated carbocycles. The molecule has 0 aliphatic heterocycles. The molecule has 1 aromatic heterocycles. The number of hydrogen-bond acceptors (Lipinski definition) is 5. The van der Waals surface area contributed by atoms with Crippen LogP contribution in [0.2, 0.25) is 0 Å². The summed E-state index contributed by atoms with van der Waals surface area (Å²) < 4.78 is 38.5. The van der Waals surface area contributed by atoms with Crippen LogP contribution < -0.4 is 23.3 Å². The fraction of sp³-hybridized carbons (Fsp3) is 0. The van der Waals surface area contributed by atoms with Crippen molar-refractivity contribution in [3.05, 3.63) is 91.0 Å². The van der Waals surface area contributed by atoms with E-state index in [0.29, 0.717) is 0 Å². The van der Waals surface area contributed by atoms with Crippen LogP contribution in [0.5, 0.6) is 0 Å². The summed E-state index contributed by atoms with van der Waals surface area (Å²) in [6.07, 6.45) is 0. The molecular weight excluding hydrogens is 447 g/mol. The summed E-state index contributed by atoms with van der Waals surface area (Å²) in [4.78, 5) is 0. The quantitative estimate of drug-likeness (QED) is 0.287. The standard InChI is InChI=1S/C20H15N2Se.ClHO4/c1-4-10-16(11-5-1)19-21-22(18-14-8-3-9-15-18)20(23-19)17-12-6-2-7-13-17;2-1(3,4)5/h1-15H;(H,2,3,4,5)/q+1;/p-1. The normalized spacial score (nSPS) is 10.9. The Balaban J connectivity index is 0.000000403. The van der Waals surface area contributed by atoms with Gasteiger partial charge in [0.05, 0.1) is 0 Å². The molecule has 4 aromatic rings. The molecule has 8 heteroatoms. The third-order valence-electron chi connectivity index (χ3n) is 3.62. The van der Waals surface area contributed by atoms with Crippen LogP contribution in [0.25, 0.3) is 25.9 Å². The van der Waals surface area contributed by atoms with Gasteiger partial charge in [-0.3, -0.25) is 0 Å². The third-order valence-corrected chi connectivity index (χ3v) is 5.95. The van der Waals surface area contributed by atoms with Crippen LogP contribution in [0.15, 0.2) is 91.0 Å². The average Bonchev–Trinajstić information content (AvgIpc) is 3.14. The fourth-order valence-corrected chi connectivity index (χ4v) is 4.69. The van der Waals surface area contributed by atoms with Crippen LogP contribution in [0.1, 0.15) is 0 Å². The Morgan fingerprint density at radius 3 is 1.57 bits per heavy atom. The van der Waals surface area contributed by atoms with Crippen molar-refractivity contribution in [2.24, 2.45) is 0 Å². The van der Waals surface area contributed by atoms with Gasteiger partial charge < -0.3 is 0 Å². The molecular formula is C20H15ClN2O4Se. The van der Waals surface area contributed by atoms with E-state index in [1.807, 2.05) is 12.1 Å². The minimum atomic E-state index is -4.94. The van der Waals surface area contributed by atoms with Gasteiger partial charge >= 0.3 is 141 Å². The van der Waals surface area contributed by atoms with E-state index < -0.39 is 10.2 Å². The molecule has 0 saturated heterocycles. The summed E-state index contributed by atoms with van der Waals surface area (Å²) >= 11 is 0.179. The van der Waals surface area contributed by atoms with Crippen LogP contribution in [0.3, 0.4) is 0 Å². The molecule has 28 heavy (non-hydrogen) atoms. The van der Waals surface area contributed by atoms with Crippen LogP contribution in [-0.4, -0.2) is 19.6 Å². The van der Waals surface area contributed by atoms with E-state index in [0.717, 1.165) is 5.69 Å². The number of hydrogen-bond donors (Lipinski definition) is 0. The van der Waals surface area contributed by atoms with Gasteiger partial charge in [-0.25, -0.2) is 18.6 Å². The molecule has 6 nitrogen and oxygen atoms in total. The first-order valence-corrected chi connectivity index (χ1v) is 11.1. The van der Waals surface area contributed by atoms with Crippen molar-refractivity contribution in [3.8, 4) is 25.9 Å². The summed E-state index contributed by atoms with van der Waals surface area (Å²) in [5.41, 5.74) is 3.56. The van der Waals surface area contributed by atoms with Crippen molar-refractivity contribution in [2.45, 2.75) is 0 Å². The maximum atomic E-state index is 8.49.